The third-order valence-electron chi connectivity index (χ3n) is 4.50. The van der Waals surface area contributed by atoms with Gasteiger partial charge in [0.05, 0.1) is 17.8 Å². The van der Waals surface area contributed by atoms with Crippen LogP contribution in [0.25, 0.3) is 22.3 Å². The number of hydrogen-bond acceptors (Lipinski definition) is 4. The standard InChI is InChI=1S/C23H21N3OS/c27-15-16-28-17-20(18-9-3-1-4-10-18)23(19-11-5-2-6-12-19)26-22-14-8-7-13-21(22)24-25-26/h1-14,27H,15-17H2/b23-20-. The largest absolute Gasteiger partial charge is 0.396 e. The molecule has 4 rings (SSSR count). The Hall–Kier alpha value is -2.89. The van der Waals surface area contributed by atoms with Crippen molar-refractivity contribution in [1.82, 2.24) is 15.0 Å². The Morgan fingerprint density at radius 2 is 1.46 bits per heavy atom. The van der Waals surface area contributed by atoms with Crippen LogP contribution < -0.4 is 0 Å². The zero-order valence-electron chi connectivity index (χ0n) is 15.4. The Kier molecular flexibility index (Phi) is 5.85. The number of benzene rings is 3. The summed E-state index contributed by atoms with van der Waals surface area (Å²) in [6.45, 7) is 0.166. The van der Waals surface area contributed by atoms with Crippen molar-refractivity contribution in [3.05, 3.63) is 96.1 Å². The van der Waals surface area contributed by atoms with Crippen molar-refractivity contribution in [1.29, 1.82) is 0 Å². The Morgan fingerprint density at radius 1 is 0.821 bits per heavy atom. The number of thioether (sulfide) groups is 1. The van der Waals surface area contributed by atoms with Gasteiger partial charge in [-0.05, 0) is 23.3 Å². The summed E-state index contributed by atoms with van der Waals surface area (Å²) in [5.41, 5.74) is 6.26. The maximum Gasteiger partial charge on any atom is 0.113 e. The summed E-state index contributed by atoms with van der Waals surface area (Å²) in [5.74, 6) is 1.46. The number of hydrogen-bond donors (Lipinski definition) is 1. The van der Waals surface area contributed by atoms with Gasteiger partial charge in [0.2, 0.25) is 0 Å². The Morgan fingerprint density at radius 3 is 2.18 bits per heavy atom. The van der Waals surface area contributed by atoms with Crippen molar-refractivity contribution < 1.29 is 5.11 Å². The van der Waals surface area contributed by atoms with E-state index < -0.39 is 0 Å². The molecule has 140 valence electrons. The normalized spacial score (nSPS) is 12.2. The molecule has 1 N–H and O–H groups in total. The van der Waals surface area contributed by atoms with Crippen molar-refractivity contribution >= 4 is 34.1 Å². The van der Waals surface area contributed by atoms with Gasteiger partial charge in [-0.2, -0.15) is 11.8 Å². The predicted molar refractivity (Wildman–Crippen MR) is 117 cm³/mol. The van der Waals surface area contributed by atoms with E-state index in [-0.39, 0.29) is 6.61 Å². The van der Waals surface area contributed by atoms with E-state index in [1.807, 2.05) is 65.3 Å². The van der Waals surface area contributed by atoms with Crippen molar-refractivity contribution in [2.24, 2.45) is 0 Å². The fourth-order valence-electron chi connectivity index (χ4n) is 3.22. The lowest BCUT2D eigenvalue weighted by Crippen LogP contribution is -2.07. The second kappa shape index (κ2) is 8.87. The summed E-state index contributed by atoms with van der Waals surface area (Å²) in [6.07, 6.45) is 0. The van der Waals surface area contributed by atoms with E-state index in [2.05, 4.69) is 34.6 Å². The van der Waals surface area contributed by atoms with Crippen LogP contribution in [0.4, 0.5) is 0 Å². The fraction of sp³-hybridized carbons (Fsp3) is 0.130. The molecule has 0 fully saturated rings. The van der Waals surface area contributed by atoms with E-state index in [0.717, 1.165) is 33.6 Å². The molecule has 3 aromatic carbocycles. The van der Waals surface area contributed by atoms with E-state index in [4.69, 9.17) is 0 Å². The first kappa shape index (κ1) is 18.5. The molecule has 0 saturated carbocycles. The number of aliphatic hydroxyl groups is 1. The van der Waals surface area contributed by atoms with E-state index in [9.17, 15) is 5.11 Å². The Labute approximate surface area is 168 Å². The van der Waals surface area contributed by atoms with Crippen LogP contribution in [0, 0.1) is 0 Å². The molecule has 4 nitrogen and oxygen atoms in total. The van der Waals surface area contributed by atoms with Gasteiger partial charge >= 0.3 is 0 Å². The van der Waals surface area contributed by atoms with Crippen LogP contribution in [-0.2, 0) is 0 Å². The molecule has 1 aromatic heterocycles. The van der Waals surface area contributed by atoms with Crippen LogP contribution in [0.2, 0.25) is 0 Å². The molecule has 0 unspecified atom stereocenters. The van der Waals surface area contributed by atoms with Gasteiger partial charge < -0.3 is 5.11 Å². The quantitative estimate of drug-likeness (QED) is 0.373. The molecule has 0 atom stereocenters. The highest BCUT2D eigenvalue weighted by molar-refractivity contribution is 7.99. The first-order valence-electron chi connectivity index (χ1n) is 9.22. The zero-order valence-corrected chi connectivity index (χ0v) is 16.2. The van der Waals surface area contributed by atoms with E-state index in [1.165, 1.54) is 5.57 Å². The van der Waals surface area contributed by atoms with Crippen LogP contribution >= 0.6 is 11.8 Å². The molecule has 0 amide bonds. The van der Waals surface area contributed by atoms with Gasteiger partial charge in [0.1, 0.15) is 5.52 Å². The summed E-state index contributed by atoms with van der Waals surface area (Å²) in [5, 5.41) is 18.1. The molecule has 0 aliphatic heterocycles. The Balaban J connectivity index is 1.98. The first-order chi connectivity index (χ1) is 13.9. The summed E-state index contributed by atoms with van der Waals surface area (Å²) >= 11 is 1.71. The minimum atomic E-state index is 0.166. The van der Waals surface area contributed by atoms with Crippen LogP contribution in [-0.4, -0.2) is 38.2 Å². The second-order valence-electron chi connectivity index (χ2n) is 6.33. The summed E-state index contributed by atoms with van der Waals surface area (Å²) in [7, 11) is 0. The predicted octanol–water partition coefficient (Wildman–Crippen LogP) is 4.57. The lowest BCUT2D eigenvalue weighted by molar-refractivity contribution is 0.322. The van der Waals surface area contributed by atoms with Gasteiger partial charge in [0.15, 0.2) is 0 Å². The number of nitrogens with zero attached hydrogens (tertiary/aromatic N) is 3. The number of aromatic nitrogens is 3. The highest BCUT2D eigenvalue weighted by Gasteiger charge is 2.17. The highest BCUT2D eigenvalue weighted by Crippen LogP contribution is 2.32. The minimum absolute atomic E-state index is 0.166. The molecule has 28 heavy (non-hydrogen) atoms. The molecule has 4 aromatic rings. The maximum atomic E-state index is 9.27. The molecule has 0 bridgehead atoms. The zero-order chi connectivity index (χ0) is 19.2. The number of para-hydroxylation sites is 1. The fourth-order valence-corrected chi connectivity index (χ4v) is 4.00. The maximum absolute atomic E-state index is 9.27. The lowest BCUT2D eigenvalue weighted by Gasteiger charge is -2.17. The minimum Gasteiger partial charge on any atom is -0.396 e. The molecular formula is C23H21N3OS. The molecule has 0 saturated heterocycles. The van der Waals surface area contributed by atoms with Crippen molar-refractivity contribution in [3.63, 3.8) is 0 Å². The number of aliphatic hydroxyl groups excluding tert-OH is 1. The lowest BCUT2D eigenvalue weighted by atomic mass is 10.0. The molecule has 0 radical (unpaired) electrons. The first-order valence-corrected chi connectivity index (χ1v) is 10.4. The highest BCUT2D eigenvalue weighted by atomic mass is 32.2. The van der Waals surface area contributed by atoms with Crippen molar-refractivity contribution in [2.45, 2.75) is 0 Å². The van der Waals surface area contributed by atoms with Crippen LogP contribution in [0.1, 0.15) is 11.1 Å². The molecule has 1 heterocycles. The van der Waals surface area contributed by atoms with Gasteiger partial charge in [0, 0.05) is 17.1 Å². The summed E-state index contributed by atoms with van der Waals surface area (Å²) < 4.78 is 1.94. The number of rotatable bonds is 7. The Bertz CT molecular complexity index is 1070. The smallest absolute Gasteiger partial charge is 0.113 e. The van der Waals surface area contributed by atoms with Crippen LogP contribution in [0.15, 0.2) is 84.9 Å². The molecule has 0 aliphatic rings. The molecule has 0 aliphatic carbocycles. The van der Waals surface area contributed by atoms with E-state index in [1.54, 1.807) is 11.8 Å². The van der Waals surface area contributed by atoms with Gasteiger partial charge in [-0.15, -0.1) is 5.10 Å². The number of fused-ring (bicyclic) bond motifs is 1. The van der Waals surface area contributed by atoms with Gasteiger partial charge in [0.25, 0.3) is 0 Å². The second-order valence-corrected chi connectivity index (χ2v) is 7.43. The van der Waals surface area contributed by atoms with Gasteiger partial charge in [-0.3, -0.25) is 0 Å². The van der Waals surface area contributed by atoms with Crippen LogP contribution in [0.5, 0.6) is 0 Å². The summed E-state index contributed by atoms with van der Waals surface area (Å²) in [4.78, 5) is 0. The average molecular weight is 388 g/mol. The monoisotopic (exact) mass is 387 g/mol. The molecular weight excluding hydrogens is 366 g/mol. The van der Waals surface area contributed by atoms with Crippen molar-refractivity contribution in [2.75, 3.05) is 18.1 Å². The topological polar surface area (TPSA) is 50.9 Å². The van der Waals surface area contributed by atoms with E-state index in [0.29, 0.717) is 5.75 Å². The average Bonchev–Trinajstić information content (AvgIpc) is 3.18. The van der Waals surface area contributed by atoms with Crippen LogP contribution in [0.3, 0.4) is 0 Å². The van der Waals surface area contributed by atoms with Gasteiger partial charge in [-0.1, -0.05) is 78.0 Å². The summed E-state index contributed by atoms with van der Waals surface area (Å²) in [6, 6.07) is 28.7. The third-order valence-corrected chi connectivity index (χ3v) is 5.47. The molecule has 0 spiro atoms. The third kappa shape index (κ3) is 3.86. The molecule has 5 heteroatoms. The van der Waals surface area contributed by atoms with Crippen molar-refractivity contribution in [3.8, 4) is 0 Å². The SMILES string of the molecule is OCCSC/C(=C(\c1ccccc1)n1nnc2ccccc21)c1ccccc1. The van der Waals surface area contributed by atoms with Gasteiger partial charge in [-0.25, -0.2) is 4.68 Å². The van der Waals surface area contributed by atoms with E-state index >= 15 is 0 Å².